The lowest BCUT2D eigenvalue weighted by Crippen LogP contribution is -2.14. The van der Waals surface area contributed by atoms with Crippen LogP contribution in [0.4, 0.5) is 0 Å². The van der Waals surface area contributed by atoms with Gasteiger partial charge in [0.25, 0.3) is 0 Å². The van der Waals surface area contributed by atoms with Crippen molar-refractivity contribution >= 4 is 37.1 Å². The van der Waals surface area contributed by atoms with Crippen LogP contribution in [0.1, 0.15) is 0 Å². The molecule has 0 aromatic heterocycles. The molecular weight excluding hydrogens is 398 g/mol. The molecular formula is C28H26P2. The number of hydrogen-bond acceptors (Lipinski definition) is 0. The van der Waals surface area contributed by atoms with E-state index < -0.39 is 0 Å². The molecule has 0 bridgehead atoms. The minimum atomic E-state index is -0.370. The molecule has 0 nitrogen and oxygen atoms in total. The maximum atomic E-state index is 2.41. The second-order valence-corrected chi connectivity index (χ2v) is 11.5. The van der Waals surface area contributed by atoms with Crippen LogP contribution in [-0.4, -0.2) is 12.3 Å². The summed E-state index contributed by atoms with van der Waals surface area (Å²) in [4.78, 5) is 0. The first kappa shape index (κ1) is 20.7. The van der Waals surface area contributed by atoms with Gasteiger partial charge in [0.1, 0.15) is 0 Å². The first-order chi connectivity index (χ1) is 14.9. The molecule has 148 valence electrons. The van der Waals surface area contributed by atoms with Gasteiger partial charge in [-0.15, -0.1) is 0 Å². The average molecular weight is 424 g/mol. The van der Waals surface area contributed by atoms with Crippen molar-refractivity contribution in [3.63, 3.8) is 0 Å². The van der Waals surface area contributed by atoms with Crippen LogP contribution in [0.5, 0.6) is 0 Å². The first-order valence-electron chi connectivity index (χ1n) is 10.3. The molecule has 4 rings (SSSR count). The van der Waals surface area contributed by atoms with E-state index in [0.29, 0.717) is 0 Å². The van der Waals surface area contributed by atoms with Gasteiger partial charge in [0, 0.05) is 0 Å². The van der Waals surface area contributed by atoms with Gasteiger partial charge in [-0.1, -0.05) is 133 Å². The van der Waals surface area contributed by atoms with Crippen LogP contribution in [0, 0.1) is 0 Å². The zero-order chi connectivity index (χ0) is 20.4. The number of rotatable bonds is 8. The van der Waals surface area contributed by atoms with Gasteiger partial charge in [0.15, 0.2) is 0 Å². The zero-order valence-corrected chi connectivity index (χ0v) is 18.8. The van der Waals surface area contributed by atoms with Crippen LogP contribution in [0.3, 0.4) is 0 Å². The summed E-state index contributed by atoms with van der Waals surface area (Å²) in [5.74, 6) is 0. The Morgan fingerprint density at radius 1 is 0.367 bits per heavy atom. The Hall–Kier alpha value is -2.52. The Labute approximate surface area is 182 Å². The van der Waals surface area contributed by atoms with Crippen LogP contribution < -0.4 is 21.2 Å². The quantitative estimate of drug-likeness (QED) is 0.247. The third kappa shape index (κ3) is 5.54. The maximum Gasteiger partial charge on any atom is -0.00641 e. The van der Waals surface area contributed by atoms with Crippen molar-refractivity contribution in [2.24, 2.45) is 0 Å². The van der Waals surface area contributed by atoms with Crippen molar-refractivity contribution in [2.45, 2.75) is 0 Å². The van der Waals surface area contributed by atoms with Crippen molar-refractivity contribution in [1.29, 1.82) is 0 Å². The molecule has 4 aromatic rings. The Morgan fingerprint density at radius 2 is 0.600 bits per heavy atom. The SMILES string of the molecule is C(=CCP(c1ccccc1)c1ccccc1)CP(c1ccccc1)c1ccccc1. The van der Waals surface area contributed by atoms with E-state index in [0.717, 1.165) is 12.3 Å². The molecule has 0 saturated heterocycles. The number of allylic oxidation sites excluding steroid dienone is 2. The second-order valence-electron chi connectivity index (χ2n) is 7.03. The van der Waals surface area contributed by atoms with E-state index in [1.807, 2.05) is 0 Å². The van der Waals surface area contributed by atoms with Gasteiger partial charge in [-0.05, 0) is 49.4 Å². The number of hydrogen-bond donors (Lipinski definition) is 0. The Bertz CT molecular complexity index is 863. The fraction of sp³-hybridized carbons (Fsp3) is 0.0714. The molecule has 0 unspecified atom stereocenters. The molecule has 0 amide bonds. The minimum absolute atomic E-state index is 0.370. The van der Waals surface area contributed by atoms with Gasteiger partial charge in [-0.25, -0.2) is 0 Å². The summed E-state index contributed by atoms with van der Waals surface area (Å²) in [6.45, 7) is 0. The van der Waals surface area contributed by atoms with E-state index in [1.54, 1.807) is 0 Å². The average Bonchev–Trinajstić information content (AvgIpc) is 2.84. The topological polar surface area (TPSA) is 0 Å². The molecule has 0 aliphatic carbocycles. The highest BCUT2D eigenvalue weighted by atomic mass is 31.1. The zero-order valence-electron chi connectivity index (χ0n) is 17.0. The van der Waals surface area contributed by atoms with E-state index in [-0.39, 0.29) is 15.8 Å². The molecule has 0 fully saturated rings. The fourth-order valence-electron chi connectivity index (χ4n) is 3.51. The first-order valence-corrected chi connectivity index (χ1v) is 13.4. The Balaban J connectivity index is 1.52. The maximum absolute atomic E-state index is 2.41. The van der Waals surface area contributed by atoms with Crippen LogP contribution in [0.15, 0.2) is 133 Å². The third-order valence-electron chi connectivity index (χ3n) is 5.01. The van der Waals surface area contributed by atoms with E-state index in [1.165, 1.54) is 21.2 Å². The molecule has 2 heteroatoms. The van der Waals surface area contributed by atoms with Gasteiger partial charge < -0.3 is 0 Å². The summed E-state index contributed by atoms with van der Waals surface area (Å²) >= 11 is 0. The van der Waals surface area contributed by atoms with E-state index in [4.69, 9.17) is 0 Å². The summed E-state index contributed by atoms with van der Waals surface area (Å²) in [7, 11) is -0.740. The summed E-state index contributed by atoms with van der Waals surface area (Å²) in [6, 6.07) is 43.8. The van der Waals surface area contributed by atoms with Gasteiger partial charge in [-0.3, -0.25) is 0 Å². The standard InChI is InChI=1S/C28H26P2/c1-5-15-25(16-6-1)29(26-17-7-2-8-18-26)23-13-14-24-30(27-19-9-3-10-20-27)28-21-11-4-12-22-28/h1-22H,23-24H2. The summed E-state index contributed by atoms with van der Waals surface area (Å²) in [5.41, 5.74) is 0. The van der Waals surface area contributed by atoms with Crippen molar-refractivity contribution in [3.05, 3.63) is 133 Å². The molecule has 30 heavy (non-hydrogen) atoms. The van der Waals surface area contributed by atoms with Crippen LogP contribution in [-0.2, 0) is 0 Å². The van der Waals surface area contributed by atoms with Crippen LogP contribution in [0.25, 0.3) is 0 Å². The largest absolute Gasteiger partial charge is 0.0832 e. The lowest BCUT2D eigenvalue weighted by atomic mass is 10.4. The predicted molar refractivity (Wildman–Crippen MR) is 137 cm³/mol. The Kier molecular flexibility index (Phi) is 7.63. The minimum Gasteiger partial charge on any atom is -0.0832 e. The van der Waals surface area contributed by atoms with Crippen molar-refractivity contribution in [1.82, 2.24) is 0 Å². The van der Waals surface area contributed by atoms with Gasteiger partial charge >= 0.3 is 0 Å². The van der Waals surface area contributed by atoms with Crippen LogP contribution in [0.2, 0.25) is 0 Å². The normalized spacial score (nSPS) is 11.4. The molecule has 0 N–H and O–H groups in total. The molecule has 0 aliphatic heterocycles. The summed E-state index contributed by atoms with van der Waals surface area (Å²) in [6.07, 6.45) is 6.98. The van der Waals surface area contributed by atoms with E-state index >= 15 is 0 Å². The molecule has 0 saturated carbocycles. The van der Waals surface area contributed by atoms with E-state index in [9.17, 15) is 0 Å². The molecule has 4 aromatic carbocycles. The lowest BCUT2D eigenvalue weighted by Gasteiger charge is -2.18. The molecule has 0 radical (unpaired) electrons. The van der Waals surface area contributed by atoms with Crippen molar-refractivity contribution in [2.75, 3.05) is 12.3 Å². The predicted octanol–water partition coefficient (Wildman–Crippen LogP) is 5.81. The van der Waals surface area contributed by atoms with Crippen molar-refractivity contribution < 1.29 is 0 Å². The highest BCUT2D eigenvalue weighted by Gasteiger charge is 2.13. The molecule has 0 spiro atoms. The smallest absolute Gasteiger partial charge is 0.00641 e. The Morgan fingerprint density at radius 3 is 0.833 bits per heavy atom. The summed E-state index contributed by atoms with van der Waals surface area (Å²) < 4.78 is 0. The lowest BCUT2D eigenvalue weighted by molar-refractivity contribution is 1.62. The summed E-state index contributed by atoms with van der Waals surface area (Å²) in [5, 5.41) is 5.77. The molecule has 0 atom stereocenters. The number of benzene rings is 4. The van der Waals surface area contributed by atoms with Crippen LogP contribution >= 0.6 is 15.8 Å². The third-order valence-corrected chi connectivity index (χ3v) is 9.85. The highest BCUT2D eigenvalue weighted by Crippen LogP contribution is 2.35. The molecule has 0 heterocycles. The van der Waals surface area contributed by atoms with E-state index in [2.05, 4.69) is 133 Å². The van der Waals surface area contributed by atoms with Gasteiger partial charge in [0.05, 0.1) is 0 Å². The monoisotopic (exact) mass is 424 g/mol. The second kappa shape index (κ2) is 11.0. The fourth-order valence-corrected chi connectivity index (χ4v) is 7.80. The van der Waals surface area contributed by atoms with Gasteiger partial charge in [-0.2, -0.15) is 0 Å². The van der Waals surface area contributed by atoms with Gasteiger partial charge in [0.2, 0.25) is 0 Å². The van der Waals surface area contributed by atoms with Crippen molar-refractivity contribution in [3.8, 4) is 0 Å². The molecule has 0 aliphatic rings. The highest BCUT2D eigenvalue weighted by molar-refractivity contribution is 7.73.